The van der Waals surface area contributed by atoms with Gasteiger partial charge in [0.1, 0.15) is 5.56 Å². The topological polar surface area (TPSA) is 78.3 Å². The average molecular weight is 328 g/mol. The smallest absolute Gasteiger partial charge is 0.433 e. The van der Waals surface area contributed by atoms with Gasteiger partial charge in [-0.1, -0.05) is 6.92 Å². The number of esters is 1. The summed E-state index contributed by atoms with van der Waals surface area (Å²) in [6.07, 6.45) is -4.10. The van der Waals surface area contributed by atoms with Gasteiger partial charge in [0.25, 0.3) is 0 Å². The molecule has 0 amide bonds. The van der Waals surface area contributed by atoms with Crippen molar-refractivity contribution < 1.29 is 31.1 Å². The predicted octanol–water partition coefficient (Wildman–Crippen LogP) is 1.51. The fourth-order valence-corrected chi connectivity index (χ4v) is 2.32. The van der Waals surface area contributed by atoms with Gasteiger partial charge in [-0.15, -0.1) is 0 Å². The maximum absolute atomic E-state index is 13.0. The number of nitrogens with zero attached hydrogens (tertiary/aromatic N) is 2. The fourth-order valence-electron chi connectivity index (χ4n) is 1.58. The van der Waals surface area contributed by atoms with Crippen molar-refractivity contribution in [3.8, 4) is 0 Å². The SMILES string of the molecule is CCOC(=O)c1cnn(CCS(=O)(=O)CC)c1C(F)(F)F. The van der Waals surface area contributed by atoms with E-state index in [2.05, 4.69) is 9.84 Å². The number of rotatable bonds is 6. The summed E-state index contributed by atoms with van der Waals surface area (Å²) in [4.78, 5) is 11.5. The summed E-state index contributed by atoms with van der Waals surface area (Å²) in [5, 5.41) is 3.45. The van der Waals surface area contributed by atoms with E-state index in [0.717, 1.165) is 6.20 Å². The molecule has 0 saturated heterocycles. The molecule has 0 radical (unpaired) electrons. The van der Waals surface area contributed by atoms with Crippen LogP contribution in [0.2, 0.25) is 0 Å². The number of ether oxygens (including phenoxy) is 1. The number of halogens is 3. The molecule has 1 rings (SSSR count). The summed E-state index contributed by atoms with van der Waals surface area (Å²) in [5.74, 6) is -1.81. The molecule has 1 aromatic rings. The summed E-state index contributed by atoms with van der Waals surface area (Å²) >= 11 is 0. The number of aryl methyl sites for hydroxylation is 1. The van der Waals surface area contributed by atoms with E-state index in [4.69, 9.17) is 0 Å². The summed E-state index contributed by atoms with van der Waals surface area (Å²) in [6, 6.07) is 0. The number of hydrogen-bond acceptors (Lipinski definition) is 5. The lowest BCUT2D eigenvalue weighted by Gasteiger charge is -2.12. The van der Waals surface area contributed by atoms with E-state index in [0.29, 0.717) is 4.68 Å². The highest BCUT2D eigenvalue weighted by Crippen LogP contribution is 2.32. The monoisotopic (exact) mass is 328 g/mol. The summed E-state index contributed by atoms with van der Waals surface area (Å²) in [5.41, 5.74) is -2.02. The van der Waals surface area contributed by atoms with Crippen LogP contribution in [-0.4, -0.2) is 42.3 Å². The molecule has 10 heteroatoms. The Morgan fingerprint density at radius 2 is 2.00 bits per heavy atom. The lowest BCUT2D eigenvalue weighted by molar-refractivity contribution is -0.144. The van der Waals surface area contributed by atoms with Gasteiger partial charge in [0.15, 0.2) is 15.5 Å². The maximum Gasteiger partial charge on any atom is 0.433 e. The molecule has 0 bridgehead atoms. The number of sulfone groups is 1. The van der Waals surface area contributed by atoms with E-state index in [-0.39, 0.29) is 12.4 Å². The van der Waals surface area contributed by atoms with Crippen molar-refractivity contribution >= 4 is 15.8 Å². The minimum absolute atomic E-state index is 0.0779. The molecule has 1 aromatic heterocycles. The van der Waals surface area contributed by atoms with Crippen molar-refractivity contribution in [1.82, 2.24) is 9.78 Å². The van der Waals surface area contributed by atoms with Gasteiger partial charge < -0.3 is 4.74 Å². The lowest BCUT2D eigenvalue weighted by Crippen LogP contribution is -2.22. The van der Waals surface area contributed by atoms with E-state index in [9.17, 15) is 26.4 Å². The summed E-state index contributed by atoms with van der Waals surface area (Å²) in [7, 11) is -3.45. The zero-order valence-electron chi connectivity index (χ0n) is 11.5. The molecule has 0 spiro atoms. The van der Waals surface area contributed by atoms with Gasteiger partial charge in [-0.2, -0.15) is 18.3 Å². The Balaban J connectivity index is 3.14. The van der Waals surface area contributed by atoms with Gasteiger partial charge in [0.05, 0.1) is 25.1 Å². The van der Waals surface area contributed by atoms with Gasteiger partial charge >= 0.3 is 12.1 Å². The zero-order valence-corrected chi connectivity index (χ0v) is 12.3. The maximum atomic E-state index is 13.0. The van der Waals surface area contributed by atoms with Crippen molar-refractivity contribution in [3.05, 3.63) is 17.5 Å². The number of carbonyl (C=O) groups is 1. The molecule has 0 aromatic carbocycles. The number of hydrogen-bond donors (Lipinski definition) is 0. The number of aromatic nitrogens is 2. The Morgan fingerprint density at radius 1 is 1.38 bits per heavy atom. The second-order valence-corrected chi connectivity index (χ2v) is 6.56. The summed E-state index contributed by atoms with van der Waals surface area (Å²) in [6.45, 7) is 2.30. The van der Waals surface area contributed by atoms with Gasteiger partial charge in [0, 0.05) is 5.75 Å². The largest absolute Gasteiger partial charge is 0.462 e. The van der Waals surface area contributed by atoms with Crippen LogP contribution >= 0.6 is 0 Å². The van der Waals surface area contributed by atoms with Crippen LogP contribution in [0.5, 0.6) is 0 Å². The third-order valence-electron chi connectivity index (χ3n) is 2.66. The highest BCUT2D eigenvalue weighted by Gasteiger charge is 2.40. The van der Waals surface area contributed by atoms with Crippen LogP contribution in [0.25, 0.3) is 0 Å². The van der Waals surface area contributed by atoms with Crippen molar-refractivity contribution in [2.24, 2.45) is 0 Å². The van der Waals surface area contributed by atoms with Crippen LogP contribution in [-0.2, 0) is 27.3 Å². The molecule has 0 aliphatic rings. The van der Waals surface area contributed by atoms with Crippen LogP contribution in [0, 0.1) is 0 Å². The van der Waals surface area contributed by atoms with Crippen LogP contribution in [0.15, 0.2) is 6.20 Å². The van der Waals surface area contributed by atoms with Gasteiger partial charge in [-0.3, -0.25) is 4.68 Å². The van der Waals surface area contributed by atoms with Crippen LogP contribution < -0.4 is 0 Å². The average Bonchev–Trinajstić information content (AvgIpc) is 2.81. The third kappa shape index (κ3) is 4.45. The van der Waals surface area contributed by atoms with Crippen molar-refractivity contribution in [1.29, 1.82) is 0 Å². The fraction of sp³-hybridized carbons (Fsp3) is 0.636. The Labute approximate surface area is 119 Å². The van der Waals surface area contributed by atoms with E-state index >= 15 is 0 Å². The van der Waals surface area contributed by atoms with E-state index in [1.165, 1.54) is 13.8 Å². The first-order valence-corrected chi connectivity index (χ1v) is 7.95. The Hall–Kier alpha value is -1.58. The van der Waals surface area contributed by atoms with Gasteiger partial charge in [-0.25, -0.2) is 13.2 Å². The standard InChI is InChI=1S/C11H15F3N2O4S/c1-3-20-10(17)8-7-15-16(9(8)11(12,13)14)5-6-21(18,19)4-2/h7H,3-6H2,1-2H3. The summed E-state index contributed by atoms with van der Waals surface area (Å²) < 4.78 is 66.8. The van der Waals surface area contributed by atoms with E-state index in [1.54, 1.807) is 0 Å². The lowest BCUT2D eigenvalue weighted by atomic mass is 10.2. The Bertz CT molecular complexity index is 607. The molecule has 120 valence electrons. The van der Waals surface area contributed by atoms with Gasteiger partial charge in [-0.05, 0) is 6.92 Å². The molecular formula is C11H15F3N2O4S. The molecule has 0 N–H and O–H groups in total. The first-order valence-electron chi connectivity index (χ1n) is 6.13. The number of alkyl halides is 3. The molecule has 1 heterocycles. The minimum atomic E-state index is -4.84. The molecule has 21 heavy (non-hydrogen) atoms. The molecular weight excluding hydrogens is 313 g/mol. The van der Waals surface area contributed by atoms with Gasteiger partial charge in [0.2, 0.25) is 0 Å². The molecule has 0 aliphatic carbocycles. The van der Waals surface area contributed by atoms with Crippen molar-refractivity contribution in [3.63, 3.8) is 0 Å². The Morgan fingerprint density at radius 3 is 2.48 bits per heavy atom. The van der Waals surface area contributed by atoms with Crippen LogP contribution in [0.1, 0.15) is 29.9 Å². The second kappa shape index (κ2) is 6.46. The molecule has 0 unspecified atom stereocenters. The first-order chi connectivity index (χ1) is 9.62. The van der Waals surface area contributed by atoms with Crippen molar-refractivity contribution in [2.45, 2.75) is 26.6 Å². The Kier molecular flexibility index (Phi) is 5.37. The normalized spacial score (nSPS) is 12.4. The third-order valence-corrected chi connectivity index (χ3v) is 4.34. The quantitative estimate of drug-likeness (QED) is 0.740. The molecule has 0 aliphatic heterocycles. The number of carbonyl (C=O) groups excluding carboxylic acids is 1. The second-order valence-electron chi connectivity index (χ2n) is 4.08. The highest BCUT2D eigenvalue weighted by molar-refractivity contribution is 7.91. The van der Waals surface area contributed by atoms with Crippen molar-refractivity contribution in [2.75, 3.05) is 18.1 Å². The predicted molar refractivity (Wildman–Crippen MR) is 67.5 cm³/mol. The molecule has 0 saturated carbocycles. The molecule has 0 fully saturated rings. The van der Waals surface area contributed by atoms with Crippen LogP contribution in [0.4, 0.5) is 13.2 Å². The van der Waals surface area contributed by atoms with E-state index < -0.39 is 45.5 Å². The highest BCUT2D eigenvalue weighted by atomic mass is 32.2. The van der Waals surface area contributed by atoms with E-state index in [1.807, 2.05) is 0 Å². The van der Waals surface area contributed by atoms with Crippen LogP contribution in [0.3, 0.4) is 0 Å². The minimum Gasteiger partial charge on any atom is -0.462 e. The molecule has 6 nitrogen and oxygen atoms in total. The molecule has 0 atom stereocenters. The zero-order chi connectivity index (χ0) is 16.3. The first kappa shape index (κ1) is 17.5.